The zero-order valence-electron chi connectivity index (χ0n) is 9.49. The van der Waals surface area contributed by atoms with E-state index in [1.54, 1.807) is 0 Å². The Hall–Kier alpha value is -1.51. The van der Waals surface area contributed by atoms with Gasteiger partial charge in [0.1, 0.15) is 12.2 Å². The van der Waals surface area contributed by atoms with E-state index in [1.807, 2.05) is 4.98 Å². The predicted molar refractivity (Wildman–Crippen MR) is 57.8 cm³/mol. The summed E-state index contributed by atoms with van der Waals surface area (Å²) >= 11 is 0. The SMILES string of the molecule is CC(O)[C@@H]1O[C@H](n2ccc(=O)[nH]c2=O)[C@H](F)[C@H]1O. The molecule has 1 saturated heterocycles. The number of nitrogens with one attached hydrogen (secondary N) is 1. The number of hydrogen-bond acceptors (Lipinski definition) is 5. The summed E-state index contributed by atoms with van der Waals surface area (Å²) in [6.07, 6.45) is -5.90. The first-order valence-electron chi connectivity index (χ1n) is 5.39. The lowest BCUT2D eigenvalue weighted by Crippen LogP contribution is -2.36. The molecule has 3 N–H and O–H groups in total. The van der Waals surface area contributed by atoms with Crippen LogP contribution in [0.25, 0.3) is 0 Å². The van der Waals surface area contributed by atoms with Crippen LogP contribution in [0.5, 0.6) is 0 Å². The third-order valence-corrected chi connectivity index (χ3v) is 2.83. The van der Waals surface area contributed by atoms with Crippen molar-refractivity contribution in [3.05, 3.63) is 33.1 Å². The average Bonchev–Trinajstić information content (AvgIpc) is 2.57. The minimum Gasteiger partial charge on any atom is -0.391 e. The molecular formula is C10H13FN2O5. The number of ether oxygens (including phenoxy) is 1. The third-order valence-electron chi connectivity index (χ3n) is 2.83. The van der Waals surface area contributed by atoms with Gasteiger partial charge < -0.3 is 14.9 Å². The lowest BCUT2D eigenvalue weighted by atomic mass is 10.1. The van der Waals surface area contributed by atoms with Gasteiger partial charge >= 0.3 is 5.69 Å². The maximum Gasteiger partial charge on any atom is 0.330 e. The van der Waals surface area contributed by atoms with Gasteiger partial charge in [0.15, 0.2) is 12.4 Å². The maximum absolute atomic E-state index is 13.8. The van der Waals surface area contributed by atoms with Crippen LogP contribution >= 0.6 is 0 Å². The monoisotopic (exact) mass is 260 g/mol. The Kier molecular flexibility index (Phi) is 3.33. The van der Waals surface area contributed by atoms with Crippen LogP contribution in [0.2, 0.25) is 0 Å². The molecule has 8 heteroatoms. The van der Waals surface area contributed by atoms with Gasteiger partial charge in [0.2, 0.25) is 0 Å². The number of halogens is 1. The zero-order valence-corrected chi connectivity index (χ0v) is 9.49. The summed E-state index contributed by atoms with van der Waals surface area (Å²) < 4.78 is 19.8. The molecule has 2 heterocycles. The maximum atomic E-state index is 13.8. The predicted octanol–water partition coefficient (Wildman–Crippen LogP) is -1.49. The number of H-pyrrole nitrogens is 1. The van der Waals surface area contributed by atoms with Crippen LogP contribution in [0.3, 0.4) is 0 Å². The van der Waals surface area contributed by atoms with E-state index < -0.39 is 42.0 Å². The third kappa shape index (κ3) is 2.09. The Morgan fingerprint density at radius 1 is 1.56 bits per heavy atom. The molecule has 7 nitrogen and oxygen atoms in total. The Morgan fingerprint density at radius 2 is 2.22 bits per heavy atom. The van der Waals surface area contributed by atoms with Crippen molar-refractivity contribution >= 4 is 0 Å². The number of aromatic amines is 1. The number of nitrogens with zero attached hydrogens (tertiary/aromatic N) is 1. The van der Waals surface area contributed by atoms with Crippen molar-refractivity contribution in [2.24, 2.45) is 0 Å². The summed E-state index contributed by atoms with van der Waals surface area (Å²) in [4.78, 5) is 24.3. The summed E-state index contributed by atoms with van der Waals surface area (Å²) in [6, 6.07) is 1.04. The Bertz CT molecular complexity index is 540. The van der Waals surface area contributed by atoms with Gasteiger partial charge in [-0.25, -0.2) is 9.18 Å². The fourth-order valence-corrected chi connectivity index (χ4v) is 1.91. The molecule has 100 valence electrons. The molecule has 1 unspecified atom stereocenters. The van der Waals surface area contributed by atoms with Crippen molar-refractivity contribution in [1.82, 2.24) is 9.55 Å². The summed E-state index contributed by atoms with van der Waals surface area (Å²) in [5.74, 6) is 0. The molecule has 0 bridgehead atoms. The van der Waals surface area contributed by atoms with E-state index in [0.29, 0.717) is 0 Å². The molecule has 1 aliphatic rings. The van der Waals surface area contributed by atoms with Gasteiger partial charge in [0.05, 0.1) is 6.10 Å². The number of alkyl halides is 1. The molecular weight excluding hydrogens is 247 g/mol. The van der Waals surface area contributed by atoms with E-state index in [9.17, 15) is 24.2 Å². The average molecular weight is 260 g/mol. The molecule has 1 aromatic heterocycles. The van der Waals surface area contributed by atoms with Crippen LogP contribution in [0.4, 0.5) is 4.39 Å². The van der Waals surface area contributed by atoms with Gasteiger partial charge in [-0.2, -0.15) is 0 Å². The van der Waals surface area contributed by atoms with Crippen LogP contribution in [-0.2, 0) is 4.74 Å². The number of hydrogen-bond donors (Lipinski definition) is 3. The molecule has 0 amide bonds. The van der Waals surface area contributed by atoms with Crippen LogP contribution in [-0.4, -0.2) is 44.2 Å². The number of rotatable bonds is 2. The highest BCUT2D eigenvalue weighted by atomic mass is 19.1. The number of aliphatic hydroxyl groups excluding tert-OH is 2. The molecule has 1 fully saturated rings. The molecule has 1 aromatic rings. The van der Waals surface area contributed by atoms with Crippen molar-refractivity contribution in [2.45, 2.75) is 37.6 Å². The van der Waals surface area contributed by atoms with Crippen molar-refractivity contribution in [3.8, 4) is 0 Å². The first kappa shape index (κ1) is 12.9. The second-order valence-electron chi connectivity index (χ2n) is 4.18. The van der Waals surface area contributed by atoms with E-state index in [2.05, 4.69) is 0 Å². The summed E-state index contributed by atoms with van der Waals surface area (Å²) in [5, 5.41) is 18.9. The van der Waals surface area contributed by atoms with Crippen molar-refractivity contribution in [1.29, 1.82) is 0 Å². The highest BCUT2D eigenvalue weighted by Crippen LogP contribution is 2.32. The molecule has 5 atom stereocenters. The molecule has 2 rings (SSSR count). The summed E-state index contributed by atoms with van der Waals surface area (Å²) in [7, 11) is 0. The highest BCUT2D eigenvalue weighted by Gasteiger charge is 2.47. The minimum atomic E-state index is -1.87. The molecule has 0 spiro atoms. The molecule has 0 aliphatic carbocycles. The number of aliphatic hydroxyl groups is 2. The zero-order chi connectivity index (χ0) is 13.4. The second kappa shape index (κ2) is 4.63. The van der Waals surface area contributed by atoms with Crippen LogP contribution < -0.4 is 11.2 Å². The van der Waals surface area contributed by atoms with Crippen LogP contribution in [0.1, 0.15) is 13.2 Å². The fourth-order valence-electron chi connectivity index (χ4n) is 1.91. The topological polar surface area (TPSA) is 105 Å². The van der Waals surface area contributed by atoms with Gasteiger partial charge in [-0.05, 0) is 6.92 Å². The molecule has 0 saturated carbocycles. The lowest BCUT2D eigenvalue weighted by molar-refractivity contribution is -0.0784. The van der Waals surface area contributed by atoms with Gasteiger partial charge in [0, 0.05) is 12.3 Å². The van der Waals surface area contributed by atoms with Crippen molar-refractivity contribution < 1.29 is 19.3 Å². The quantitative estimate of drug-likeness (QED) is 0.601. The van der Waals surface area contributed by atoms with E-state index in [0.717, 1.165) is 16.8 Å². The Balaban J connectivity index is 2.35. The van der Waals surface area contributed by atoms with E-state index in [-0.39, 0.29) is 0 Å². The summed E-state index contributed by atoms with van der Waals surface area (Å²) in [5.41, 5.74) is -1.45. The molecule has 18 heavy (non-hydrogen) atoms. The molecule has 1 aliphatic heterocycles. The van der Waals surface area contributed by atoms with E-state index in [1.165, 1.54) is 6.92 Å². The normalized spacial score (nSPS) is 33.6. The van der Waals surface area contributed by atoms with Crippen LogP contribution in [0, 0.1) is 0 Å². The smallest absolute Gasteiger partial charge is 0.330 e. The number of aromatic nitrogens is 2. The minimum absolute atomic E-state index is 0.614. The lowest BCUT2D eigenvalue weighted by Gasteiger charge is -2.17. The largest absolute Gasteiger partial charge is 0.391 e. The van der Waals surface area contributed by atoms with Gasteiger partial charge in [0.25, 0.3) is 5.56 Å². The standard InChI is InChI=1S/C10H13FN2O5/c1-4(14)8-7(16)6(11)9(18-8)13-3-2-5(15)12-10(13)17/h2-4,6-9,14,16H,1H3,(H,12,15,17)/t4?,6-,7-,8+,9+/m1/s1. The molecule has 0 aromatic carbocycles. The van der Waals surface area contributed by atoms with Crippen molar-refractivity contribution in [2.75, 3.05) is 0 Å². The Labute approximate surface area is 100 Å². The highest BCUT2D eigenvalue weighted by molar-refractivity contribution is 4.94. The second-order valence-corrected chi connectivity index (χ2v) is 4.18. The molecule has 0 radical (unpaired) electrons. The first-order chi connectivity index (χ1) is 8.41. The van der Waals surface area contributed by atoms with Gasteiger partial charge in [-0.1, -0.05) is 0 Å². The van der Waals surface area contributed by atoms with Crippen molar-refractivity contribution in [3.63, 3.8) is 0 Å². The van der Waals surface area contributed by atoms with Gasteiger partial charge in [-0.15, -0.1) is 0 Å². The first-order valence-corrected chi connectivity index (χ1v) is 5.39. The van der Waals surface area contributed by atoms with Gasteiger partial charge in [-0.3, -0.25) is 14.3 Å². The fraction of sp³-hybridized carbons (Fsp3) is 0.600. The Morgan fingerprint density at radius 3 is 2.72 bits per heavy atom. The van der Waals surface area contributed by atoms with E-state index in [4.69, 9.17) is 4.74 Å². The summed E-state index contributed by atoms with van der Waals surface area (Å²) in [6.45, 7) is 1.35. The van der Waals surface area contributed by atoms with E-state index >= 15 is 0 Å². The van der Waals surface area contributed by atoms with Crippen LogP contribution in [0.15, 0.2) is 21.9 Å².